The van der Waals surface area contributed by atoms with Gasteiger partial charge < -0.3 is 29.1 Å². The average molecular weight is 268 g/mol. The van der Waals surface area contributed by atoms with Gasteiger partial charge in [0.1, 0.15) is 0 Å². The lowest BCUT2D eigenvalue weighted by Gasteiger charge is -2.27. The van der Waals surface area contributed by atoms with E-state index >= 15 is 0 Å². The molecule has 0 saturated carbocycles. The monoisotopic (exact) mass is 268 g/mol. The van der Waals surface area contributed by atoms with Crippen LogP contribution >= 0.6 is 0 Å². The van der Waals surface area contributed by atoms with E-state index in [4.69, 9.17) is 9.47 Å². The highest BCUT2D eigenvalue weighted by atomic mass is 16.5. The normalized spacial score (nSPS) is 18.2. The molecule has 0 amide bonds. The quantitative estimate of drug-likeness (QED) is 0.631. The molecule has 6 heteroatoms. The van der Waals surface area contributed by atoms with Crippen LogP contribution in [-0.2, 0) is 9.47 Å². The van der Waals surface area contributed by atoms with Gasteiger partial charge in [0.05, 0.1) is 33.2 Å². The predicted octanol–water partition coefficient (Wildman–Crippen LogP) is 0.329. The maximum Gasteiger partial charge on any atom is 0.0927 e. The molecule has 2 heterocycles. The molecule has 2 rings (SSSR count). The van der Waals surface area contributed by atoms with Gasteiger partial charge in [0, 0.05) is 52.1 Å². The molecule has 0 radical (unpaired) electrons. The molecular weight excluding hydrogens is 244 g/mol. The van der Waals surface area contributed by atoms with Gasteiger partial charge in [-0.05, 0) is 0 Å². The smallest absolute Gasteiger partial charge is 0.0927 e. The van der Waals surface area contributed by atoms with Gasteiger partial charge >= 0.3 is 0 Å². The molecular formula is C13H24N4O2. The van der Waals surface area contributed by atoms with E-state index in [-0.39, 0.29) is 0 Å². The summed E-state index contributed by atoms with van der Waals surface area (Å²) in [5.41, 5.74) is 0. The lowest BCUT2D eigenvalue weighted by atomic mass is 10.6. The number of hydrogen-bond acceptors (Lipinski definition) is 6. The minimum atomic E-state index is 0.770. The molecule has 2 aliphatic rings. The van der Waals surface area contributed by atoms with Crippen molar-refractivity contribution < 1.29 is 9.47 Å². The average Bonchev–Trinajstić information content (AvgIpc) is 3.04. The van der Waals surface area contributed by atoms with Gasteiger partial charge in [-0.15, -0.1) is 0 Å². The third-order valence-corrected chi connectivity index (χ3v) is 3.23. The van der Waals surface area contributed by atoms with Crippen LogP contribution in [0.4, 0.5) is 0 Å². The van der Waals surface area contributed by atoms with Crippen molar-refractivity contribution in [2.24, 2.45) is 0 Å². The van der Waals surface area contributed by atoms with Crippen LogP contribution in [0.3, 0.4) is 0 Å². The summed E-state index contributed by atoms with van der Waals surface area (Å²) in [6.45, 7) is 6.22. The van der Waals surface area contributed by atoms with Crippen molar-refractivity contribution in [3.8, 4) is 0 Å². The van der Waals surface area contributed by atoms with Crippen molar-refractivity contribution in [3.05, 3.63) is 24.8 Å². The summed E-state index contributed by atoms with van der Waals surface area (Å²) in [4.78, 5) is 9.09. The topological polar surface area (TPSA) is 31.4 Å². The van der Waals surface area contributed by atoms with E-state index in [1.807, 2.05) is 0 Å². The van der Waals surface area contributed by atoms with Crippen molar-refractivity contribution >= 4 is 0 Å². The Bertz CT molecular complexity index is 292. The minimum absolute atomic E-state index is 0.770. The van der Waals surface area contributed by atoms with Gasteiger partial charge in [0.25, 0.3) is 0 Å². The molecule has 0 saturated heterocycles. The second-order valence-electron chi connectivity index (χ2n) is 4.81. The van der Waals surface area contributed by atoms with E-state index in [2.05, 4.69) is 44.4 Å². The van der Waals surface area contributed by atoms with Crippen LogP contribution in [0.5, 0.6) is 0 Å². The maximum atomic E-state index is 5.09. The highest BCUT2D eigenvalue weighted by molar-refractivity contribution is 4.94. The molecule has 0 aliphatic carbocycles. The lowest BCUT2D eigenvalue weighted by Crippen LogP contribution is -2.37. The fraction of sp³-hybridized carbons (Fsp3) is 0.692. The Morgan fingerprint density at radius 1 is 0.737 bits per heavy atom. The largest absolute Gasteiger partial charge is 0.383 e. The van der Waals surface area contributed by atoms with Crippen molar-refractivity contribution in [1.82, 2.24) is 19.6 Å². The van der Waals surface area contributed by atoms with E-state index < -0.39 is 0 Å². The molecule has 6 nitrogen and oxygen atoms in total. The first-order valence-corrected chi connectivity index (χ1v) is 6.62. The summed E-state index contributed by atoms with van der Waals surface area (Å²) in [6, 6.07) is 0. The summed E-state index contributed by atoms with van der Waals surface area (Å²) < 4.78 is 10.2. The summed E-state index contributed by atoms with van der Waals surface area (Å²) in [6.07, 6.45) is 8.53. The summed E-state index contributed by atoms with van der Waals surface area (Å²) in [7, 11) is 3.47. The Kier molecular flexibility index (Phi) is 5.35. The van der Waals surface area contributed by atoms with Crippen molar-refractivity contribution in [2.75, 3.05) is 60.5 Å². The van der Waals surface area contributed by atoms with Crippen LogP contribution < -0.4 is 0 Å². The van der Waals surface area contributed by atoms with E-state index in [9.17, 15) is 0 Å². The molecule has 19 heavy (non-hydrogen) atoms. The fourth-order valence-corrected chi connectivity index (χ4v) is 2.16. The Morgan fingerprint density at radius 3 is 1.58 bits per heavy atom. The van der Waals surface area contributed by atoms with Crippen LogP contribution in [-0.4, -0.2) is 80.1 Å². The van der Waals surface area contributed by atoms with Gasteiger partial charge in [-0.25, -0.2) is 0 Å². The standard InChI is InChI=1S/C13H24N4O2/c1-18-9-7-14-3-5-16(11-14)13-17-6-4-15(12-17)8-10-19-2/h3-6H,7-13H2,1-2H3. The number of hydrogen-bond donors (Lipinski definition) is 0. The Morgan fingerprint density at radius 2 is 1.16 bits per heavy atom. The zero-order valence-electron chi connectivity index (χ0n) is 11.9. The molecule has 0 aromatic heterocycles. The molecule has 0 unspecified atom stereocenters. The number of ether oxygens (including phenoxy) is 2. The van der Waals surface area contributed by atoms with E-state index in [0.29, 0.717) is 0 Å². The number of rotatable bonds is 8. The molecule has 108 valence electrons. The van der Waals surface area contributed by atoms with Crippen molar-refractivity contribution in [2.45, 2.75) is 0 Å². The number of nitrogens with zero attached hydrogens (tertiary/aromatic N) is 4. The van der Waals surface area contributed by atoms with Crippen LogP contribution in [0.2, 0.25) is 0 Å². The maximum absolute atomic E-state index is 5.09. The molecule has 0 spiro atoms. The van der Waals surface area contributed by atoms with Crippen molar-refractivity contribution in [3.63, 3.8) is 0 Å². The third-order valence-electron chi connectivity index (χ3n) is 3.23. The molecule has 0 bridgehead atoms. The lowest BCUT2D eigenvalue weighted by molar-refractivity contribution is 0.124. The first-order chi connectivity index (χ1) is 9.31. The second-order valence-corrected chi connectivity index (χ2v) is 4.81. The molecule has 0 aromatic carbocycles. The second kappa shape index (κ2) is 7.25. The number of methoxy groups -OCH3 is 2. The summed E-state index contributed by atoms with van der Waals surface area (Å²) in [5, 5.41) is 0. The fourth-order valence-electron chi connectivity index (χ4n) is 2.16. The molecule has 0 fully saturated rings. The molecule has 0 atom stereocenters. The van der Waals surface area contributed by atoms with Gasteiger partial charge in [-0.1, -0.05) is 0 Å². The summed E-state index contributed by atoms with van der Waals surface area (Å²) in [5.74, 6) is 0. The first-order valence-electron chi connectivity index (χ1n) is 6.62. The Balaban J connectivity index is 1.64. The molecule has 0 N–H and O–H groups in total. The predicted molar refractivity (Wildman–Crippen MR) is 73.7 cm³/mol. The summed E-state index contributed by atoms with van der Waals surface area (Å²) >= 11 is 0. The van der Waals surface area contributed by atoms with Crippen LogP contribution in [0.15, 0.2) is 24.8 Å². The highest BCUT2D eigenvalue weighted by Crippen LogP contribution is 2.11. The van der Waals surface area contributed by atoms with E-state index in [0.717, 1.165) is 46.3 Å². The van der Waals surface area contributed by atoms with E-state index in [1.54, 1.807) is 14.2 Å². The zero-order chi connectivity index (χ0) is 13.5. The Hall–Kier alpha value is -1.40. The van der Waals surface area contributed by atoms with E-state index in [1.165, 1.54) is 0 Å². The SMILES string of the molecule is COCCN1C=CN(CN2C=CN(CCOC)C2)C1. The highest BCUT2D eigenvalue weighted by Gasteiger charge is 2.17. The zero-order valence-corrected chi connectivity index (χ0v) is 11.9. The Labute approximate surface area is 115 Å². The van der Waals surface area contributed by atoms with Crippen LogP contribution in [0.1, 0.15) is 0 Å². The van der Waals surface area contributed by atoms with Gasteiger partial charge in [0.2, 0.25) is 0 Å². The molecule has 2 aliphatic heterocycles. The van der Waals surface area contributed by atoms with Crippen LogP contribution in [0.25, 0.3) is 0 Å². The third kappa shape index (κ3) is 4.33. The van der Waals surface area contributed by atoms with Crippen molar-refractivity contribution in [1.29, 1.82) is 0 Å². The van der Waals surface area contributed by atoms with Gasteiger partial charge in [-0.2, -0.15) is 0 Å². The van der Waals surface area contributed by atoms with Gasteiger partial charge in [0.15, 0.2) is 0 Å². The molecule has 0 aromatic rings. The minimum Gasteiger partial charge on any atom is -0.383 e. The van der Waals surface area contributed by atoms with Gasteiger partial charge in [-0.3, -0.25) is 0 Å². The first kappa shape index (κ1) is 14.0. The van der Waals surface area contributed by atoms with Crippen LogP contribution in [0, 0.1) is 0 Å².